The molecule has 22 heavy (non-hydrogen) atoms. The molecule has 114 valence electrons. The van der Waals surface area contributed by atoms with E-state index in [1.807, 2.05) is 32.1 Å². The van der Waals surface area contributed by atoms with Crippen LogP contribution in [0, 0.1) is 13.8 Å². The Kier molecular flexibility index (Phi) is 4.94. The number of hydrogen-bond donors (Lipinski definition) is 0. The molecule has 0 atom stereocenters. The van der Waals surface area contributed by atoms with Crippen LogP contribution in [0.2, 0.25) is 0 Å². The fourth-order valence-corrected chi connectivity index (χ4v) is 2.34. The molecule has 1 aromatic heterocycles. The van der Waals surface area contributed by atoms with Crippen LogP contribution in [-0.4, -0.2) is 22.3 Å². The lowest BCUT2D eigenvalue weighted by Gasteiger charge is -2.10. The van der Waals surface area contributed by atoms with Gasteiger partial charge in [0.25, 0.3) is 5.91 Å². The first-order valence-electron chi connectivity index (χ1n) is 7.13. The van der Waals surface area contributed by atoms with Crippen molar-refractivity contribution >= 4 is 5.91 Å². The van der Waals surface area contributed by atoms with Gasteiger partial charge in [-0.2, -0.15) is 5.10 Å². The van der Waals surface area contributed by atoms with Gasteiger partial charge in [0.2, 0.25) is 0 Å². The monoisotopic (exact) mass is 296 g/mol. The second-order valence-corrected chi connectivity index (χ2v) is 4.95. The number of aryl methyl sites for hydroxylation is 1. The van der Waals surface area contributed by atoms with Gasteiger partial charge in [-0.05, 0) is 32.4 Å². The van der Waals surface area contributed by atoms with Crippen molar-refractivity contribution in [2.45, 2.75) is 20.3 Å². The van der Waals surface area contributed by atoms with E-state index in [1.165, 1.54) is 4.68 Å². The van der Waals surface area contributed by atoms with Gasteiger partial charge in [-0.25, -0.2) is 4.68 Å². The highest BCUT2D eigenvalue weighted by Gasteiger charge is 2.20. The molecule has 0 aliphatic heterocycles. The van der Waals surface area contributed by atoms with E-state index in [9.17, 15) is 4.79 Å². The molecular formula is C18H20N2O2. The van der Waals surface area contributed by atoms with Crippen LogP contribution in [0.4, 0.5) is 0 Å². The summed E-state index contributed by atoms with van der Waals surface area (Å²) in [6, 6.07) is 7.15. The van der Waals surface area contributed by atoms with Gasteiger partial charge in [0, 0.05) is 11.3 Å². The molecule has 0 saturated carbocycles. The van der Waals surface area contributed by atoms with E-state index < -0.39 is 0 Å². The van der Waals surface area contributed by atoms with Gasteiger partial charge in [-0.15, -0.1) is 6.58 Å². The Labute approximate surface area is 130 Å². The standard InChI is InChI=1S/C18H20N2O2/c1-5-9-15-13(3)19-20(14(15)4)18(21)16-10-7-8-11-17(16)22-12-6-2/h5-8,10-11H,1-2,9,12H2,3-4H3. The molecule has 2 aromatic rings. The number of aromatic nitrogens is 2. The van der Waals surface area contributed by atoms with E-state index in [0.717, 1.165) is 17.0 Å². The van der Waals surface area contributed by atoms with Crippen LogP contribution in [0.15, 0.2) is 49.6 Å². The zero-order valence-electron chi connectivity index (χ0n) is 13.0. The molecule has 0 unspecified atom stereocenters. The lowest BCUT2D eigenvalue weighted by atomic mass is 10.1. The van der Waals surface area contributed by atoms with Crippen LogP contribution < -0.4 is 4.74 Å². The van der Waals surface area contributed by atoms with E-state index >= 15 is 0 Å². The van der Waals surface area contributed by atoms with Crippen LogP contribution in [0.1, 0.15) is 27.3 Å². The first kappa shape index (κ1) is 15.8. The third-order valence-electron chi connectivity index (χ3n) is 3.46. The summed E-state index contributed by atoms with van der Waals surface area (Å²) in [5.74, 6) is 0.334. The highest BCUT2D eigenvalue weighted by atomic mass is 16.5. The van der Waals surface area contributed by atoms with Gasteiger partial charge >= 0.3 is 0 Å². The fourth-order valence-electron chi connectivity index (χ4n) is 2.34. The Morgan fingerprint density at radius 2 is 2.00 bits per heavy atom. The summed E-state index contributed by atoms with van der Waals surface area (Å²) >= 11 is 0. The fraction of sp³-hybridized carbons (Fsp3) is 0.222. The minimum atomic E-state index is -0.199. The second-order valence-electron chi connectivity index (χ2n) is 4.95. The van der Waals surface area contributed by atoms with E-state index in [0.29, 0.717) is 24.3 Å². The number of allylic oxidation sites excluding steroid dienone is 1. The number of hydrogen-bond acceptors (Lipinski definition) is 3. The normalized spacial score (nSPS) is 10.3. The minimum absolute atomic E-state index is 0.199. The van der Waals surface area contributed by atoms with Crippen molar-refractivity contribution in [3.05, 3.63) is 72.1 Å². The predicted molar refractivity (Wildman–Crippen MR) is 87.5 cm³/mol. The Bertz CT molecular complexity index is 714. The minimum Gasteiger partial charge on any atom is -0.489 e. The van der Waals surface area contributed by atoms with Crippen LogP contribution in [0.25, 0.3) is 0 Å². The maximum atomic E-state index is 12.8. The Morgan fingerprint density at radius 1 is 1.27 bits per heavy atom. The van der Waals surface area contributed by atoms with Crippen LogP contribution >= 0.6 is 0 Å². The van der Waals surface area contributed by atoms with Crippen LogP contribution in [0.5, 0.6) is 5.75 Å². The Balaban J connectivity index is 2.42. The average Bonchev–Trinajstić information content (AvgIpc) is 2.81. The first-order valence-corrected chi connectivity index (χ1v) is 7.13. The van der Waals surface area contributed by atoms with Gasteiger partial charge in [0.1, 0.15) is 12.4 Å². The summed E-state index contributed by atoms with van der Waals surface area (Å²) in [6.07, 6.45) is 4.15. The van der Waals surface area contributed by atoms with Crippen LogP contribution in [0.3, 0.4) is 0 Å². The molecule has 0 radical (unpaired) electrons. The molecular weight excluding hydrogens is 276 g/mol. The lowest BCUT2D eigenvalue weighted by molar-refractivity contribution is 0.0938. The molecule has 4 nitrogen and oxygen atoms in total. The Morgan fingerprint density at radius 3 is 2.68 bits per heavy atom. The zero-order chi connectivity index (χ0) is 16.1. The maximum absolute atomic E-state index is 12.8. The number of benzene rings is 1. The summed E-state index contributed by atoms with van der Waals surface area (Å²) in [6.45, 7) is 11.5. The summed E-state index contributed by atoms with van der Waals surface area (Å²) < 4.78 is 6.99. The maximum Gasteiger partial charge on any atom is 0.282 e. The zero-order valence-corrected chi connectivity index (χ0v) is 13.0. The number of carbonyl (C=O) groups excluding carboxylic acids is 1. The number of ether oxygens (including phenoxy) is 1. The molecule has 0 N–H and O–H groups in total. The summed E-state index contributed by atoms with van der Waals surface area (Å²) in [5, 5.41) is 4.37. The van der Waals surface area contributed by atoms with E-state index in [-0.39, 0.29) is 5.91 Å². The van der Waals surface area contributed by atoms with Crippen molar-refractivity contribution in [3.8, 4) is 5.75 Å². The third-order valence-corrected chi connectivity index (χ3v) is 3.46. The van der Waals surface area contributed by atoms with Crippen molar-refractivity contribution in [2.24, 2.45) is 0 Å². The molecule has 0 amide bonds. The third kappa shape index (κ3) is 3.01. The molecule has 0 fully saturated rings. The highest BCUT2D eigenvalue weighted by Crippen LogP contribution is 2.22. The number of carbonyl (C=O) groups is 1. The van der Waals surface area contributed by atoms with E-state index in [4.69, 9.17) is 4.74 Å². The molecule has 0 aliphatic carbocycles. The molecule has 4 heteroatoms. The molecule has 0 saturated heterocycles. The summed E-state index contributed by atoms with van der Waals surface area (Å²) in [4.78, 5) is 12.8. The van der Waals surface area contributed by atoms with Gasteiger partial charge in [-0.1, -0.05) is 30.9 Å². The Hall–Kier alpha value is -2.62. The van der Waals surface area contributed by atoms with Gasteiger partial charge < -0.3 is 4.74 Å². The summed E-state index contributed by atoms with van der Waals surface area (Å²) in [7, 11) is 0. The quantitative estimate of drug-likeness (QED) is 0.767. The molecule has 1 aromatic carbocycles. The van der Waals surface area contributed by atoms with Crippen molar-refractivity contribution in [1.29, 1.82) is 0 Å². The first-order chi connectivity index (χ1) is 10.6. The second kappa shape index (κ2) is 6.89. The van der Waals surface area contributed by atoms with Gasteiger partial charge in [-0.3, -0.25) is 4.79 Å². The topological polar surface area (TPSA) is 44.1 Å². The van der Waals surface area contributed by atoms with Crippen molar-refractivity contribution in [2.75, 3.05) is 6.61 Å². The largest absolute Gasteiger partial charge is 0.489 e. The predicted octanol–water partition coefficient (Wildman–Crippen LogP) is 3.48. The van der Waals surface area contributed by atoms with Crippen molar-refractivity contribution < 1.29 is 9.53 Å². The number of para-hydroxylation sites is 1. The molecule has 1 heterocycles. The highest BCUT2D eigenvalue weighted by molar-refractivity contribution is 5.98. The van der Waals surface area contributed by atoms with Crippen molar-refractivity contribution in [1.82, 2.24) is 9.78 Å². The average molecular weight is 296 g/mol. The van der Waals surface area contributed by atoms with E-state index in [1.54, 1.807) is 18.2 Å². The molecule has 2 rings (SSSR count). The molecule has 0 bridgehead atoms. The number of nitrogens with zero attached hydrogens (tertiary/aromatic N) is 2. The van der Waals surface area contributed by atoms with E-state index in [2.05, 4.69) is 18.3 Å². The van der Waals surface area contributed by atoms with Crippen LogP contribution in [-0.2, 0) is 6.42 Å². The summed E-state index contributed by atoms with van der Waals surface area (Å²) in [5.41, 5.74) is 3.20. The smallest absolute Gasteiger partial charge is 0.282 e. The van der Waals surface area contributed by atoms with Gasteiger partial charge in [0.05, 0.1) is 11.3 Å². The molecule has 0 spiro atoms. The number of rotatable bonds is 6. The van der Waals surface area contributed by atoms with Crippen molar-refractivity contribution in [3.63, 3.8) is 0 Å². The molecule has 0 aliphatic rings. The lowest BCUT2D eigenvalue weighted by Crippen LogP contribution is -2.17. The SMILES string of the molecule is C=CCOc1ccccc1C(=O)n1nc(C)c(CC=C)c1C. The van der Waals surface area contributed by atoms with Gasteiger partial charge in [0.15, 0.2) is 0 Å².